The van der Waals surface area contributed by atoms with Crippen LogP contribution >= 0.6 is 0 Å². The van der Waals surface area contributed by atoms with Crippen LogP contribution in [0, 0.1) is 12.8 Å². The topological polar surface area (TPSA) is 97.0 Å². The number of piperidine rings is 1. The summed E-state index contributed by atoms with van der Waals surface area (Å²) in [5.41, 5.74) is 2.06. The fourth-order valence-corrected chi connectivity index (χ4v) is 4.44. The van der Waals surface area contributed by atoms with Crippen molar-refractivity contribution in [3.05, 3.63) is 59.2 Å². The fraction of sp³-hybridized carbons (Fsp3) is 0.423. The van der Waals surface area contributed by atoms with E-state index in [2.05, 4.69) is 10.6 Å². The second-order valence-electron chi connectivity index (χ2n) is 8.75. The molecule has 180 valence electrons. The van der Waals surface area contributed by atoms with Crippen LogP contribution in [-0.2, 0) is 4.79 Å². The Morgan fingerprint density at radius 3 is 2.53 bits per heavy atom. The highest BCUT2D eigenvalue weighted by Crippen LogP contribution is 2.32. The van der Waals surface area contributed by atoms with E-state index in [0.717, 1.165) is 12.0 Å². The van der Waals surface area contributed by atoms with Gasteiger partial charge in [0.25, 0.3) is 11.8 Å². The molecule has 8 nitrogen and oxygen atoms in total. The molecule has 0 bridgehead atoms. The summed E-state index contributed by atoms with van der Waals surface area (Å²) in [6.45, 7) is 5.66. The summed E-state index contributed by atoms with van der Waals surface area (Å²) in [6, 6.07) is 11.9. The number of likely N-dealkylation sites (tertiary alicyclic amines) is 1. The number of aryl methyl sites for hydroxylation is 1. The standard InChI is InChI=1S/C26H31N3O5/c1-3-12-27-25(31)23(28-24(30)19-8-9-21-22(15-19)34-16-33-21)18-10-13-29(14-11-18)26(32)20-7-5-4-6-17(20)2/h4-9,15,18,23H,3,10-14,16H2,1-2H3,(H,27,31)(H,28,30)/t23-/m1/s1. The number of carbonyl (C=O) groups is 3. The number of amides is 3. The highest BCUT2D eigenvalue weighted by Gasteiger charge is 2.34. The van der Waals surface area contributed by atoms with Crippen molar-refractivity contribution in [2.45, 2.75) is 39.2 Å². The number of hydrogen-bond donors (Lipinski definition) is 2. The van der Waals surface area contributed by atoms with Gasteiger partial charge in [0.2, 0.25) is 12.7 Å². The number of benzene rings is 2. The molecule has 0 spiro atoms. The maximum absolute atomic E-state index is 13.0. The molecule has 1 fully saturated rings. The van der Waals surface area contributed by atoms with Crippen molar-refractivity contribution in [3.63, 3.8) is 0 Å². The van der Waals surface area contributed by atoms with E-state index < -0.39 is 6.04 Å². The van der Waals surface area contributed by atoms with Crippen molar-refractivity contribution in [3.8, 4) is 11.5 Å². The molecular formula is C26H31N3O5. The van der Waals surface area contributed by atoms with E-state index in [1.165, 1.54) is 0 Å². The third-order valence-electron chi connectivity index (χ3n) is 6.43. The Kier molecular flexibility index (Phi) is 7.35. The van der Waals surface area contributed by atoms with Gasteiger partial charge in [0, 0.05) is 30.8 Å². The van der Waals surface area contributed by atoms with Crippen LogP contribution in [0.3, 0.4) is 0 Å². The van der Waals surface area contributed by atoms with Crippen LogP contribution in [0.25, 0.3) is 0 Å². The minimum absolute atomic E-state index is 0.00734. The number of rotatable bonds is 7. The molecule has 2 heterocycles. The zero-order chi connectivity index (χ0) is 24.1. The second kappa shape index (κ2) is 10.6. The van der Waals surface area contributed by atoms with Crippen LogP contribution in [-0.4, -0.2) is 55.1 Å². The summed E-state index contributed by atoms with van der Waals surface area (Å²) < 4.78 is 10.7. The van der Waals surface area contributed by atoms with Gasteiger partial charge in [0.1, 0.15) is 6.04 Å². The summed E-state index contributed by atoms with van der Waals surface area (Å²) >= 11 is 0. The number of hydrogen-bond acceptors (Lipinski definition) is 5. The SMILES string of the molecule is CCCNC(=O)[C@H](NC(=O)c1ccc2c(c1)OCO2)C1CCN(C(=O)c2ccccc2C)CC1. The van der Waals surface area contributed by atoms with Crippen molar-refractivity contribution in [1.82, 2.24) is 15.5 Å². The predicted molar refractivity (Wildman–Crippen MR) is 127 cm³/mol. The molecule has 0 aliphatic carbocycles. The van der Waals surface area contributed by atoms with Gasteiger partial charge in [-0.05, 0) is 61.9 Å². The van der Waals surface area contributed by atoms with Crippen LogP contribution < -0.4 is 20.1 Å². The lowest BCUT2D eigenvalue weighted by atomic mass is 9.88. The van der Waals surface area contributed by atoms with E-state index >= 15 is 0 Å². The van der Waals surface area contributed by atoms with E-state index in [-0.39, 0.29) is 30.4 Å². The summed E-state index contributed by atoms with van der Waals surface area (Å²) in [4.78, 5) is 40.8. The third kappa shape index (κ3) is 5.16. The first-order valence-electron chi connectivity index (χ1n) is 11.8. The zero-order valence-corrected chi connectivity index (χ0v) is 19.6. The second-order valence-corrected chi connectivity index (χ2v) is 8.75. The van der Waals surface area contributed by atoms with Gasteiger partial charge in [-0.2, -0.15) is 0 Å². The number of nitrogens with zero attached hydrogens (tertiary/aromatic N) is 1. The smallest absolute Gasteiger partial charge is 0.254 e. The van der Waals surface area contributed by atoms with Crippen molar-refractivity contribution in [1.29, 1.82) is 0 Å². The summed E-state index contributed by atoms with van der Waals surface area (Å²) in [5, 5.41) is 5.85. The molecule has 2 aliphatic rings. The van der Waals surface area contributed by atoms with Gasteiger partial charge in [-0.15, -0.1) is 0 Å². The van der Waals surface area contributed by atoms with Gasteiger partial charge in [-0.25, -0.2) is 0 Å². The van der Waals surface area contributed by atoms with E-state index in [4.69, 9.17) is 9.47 Å². The van der Waals surface area contributed by atoms with Crippen LogP contribution in [0.4, 0.5) is 0 Å². The van der Waals surface area contributed by atoms with Gasteiger partial charge < -0.3 is 25.0 Å². The molecule has 1 atom stereocenters. The molecule has 3 amide bonds. The molecule has 4 rings (SSSR count). The maximum atomic E-state index is 13.0. The van der Waals surface area contributed by atoms with E-state index in [9.17, 15) is 14.4 Å². The van der Waals surface area contributed by atoms with Crippen LogP contribution in [0.5, 0.6) is 11.5 Å². The molecule has 2 N–H and O–H groups in total. The number of carbonyl (C=O) groups excluding carboxylic acids is 3. The molecule has 1 saturated heterocycles. The Balaban J connectivity index is 1.44. The molecular weight excluding hydrogens is 434 g/mol. The molecule has 34 heavy (non-hydrogen) atoms. The molecule has 0 aromatic heterocycles. The molecule has 2 aromatic rings. The van der Waals surface area contributed by atoms with Gasteiger partial charge in [0.15, 0.2) is 11.5 Å². The van der Waals surface area contributed by atoms with Gasteiger partial charge in [-0.3, -0.25) is 14.4 Å². The normalized spacial score (nSPS) is 16.1. The highest BCUT2D eigenvalue weighted by molar-refractivity contribution is 5.98. The lowest BCUT2D eigenvalue weighted by molar-refractivity contribution is -0.124. The minimum Gasteiger partial charge on any atom is -0.454 e. The average molecular weight is 466 g/mol. The van der Waals surface area contributed by atoms with Gasteiger partial charge in [0.05, 0.1) is 0 Å². The molecule has 2 aromatic carbocycles. The summed E-state index contributed by atoms with van der Waals surface area (Å²) in [7, 11) is 0. The van der Waals surface area contributed by atoms with Gasteiger partial charge in [-0.1, -0.05) is 25.1 Å². The predicted octanol–water partition coefficient (Wildman–Crippen LogP) is 2.90. The number of fused-ring (bicyclic) bond motifs is 1. The average Bonchev–Trinajstić information content (AvgIpc) is 3.34. The summed E-state index contributed by atoms with van der Waals surface area (Å²) in [6.07, 6.45) is 2.06. The van der Waals surface area contributed by atoms with E-state index in [1.54, 1.807) is 18.2 Å². The summed E-state index contributed by atoms with van der Waals surface area (Å²) in [5.74, 6) is 0.513. The Morgan fingerprint density at radius 2 is 1.79 bits per heavy atom. The van der Waals surface area contributed by atoms with Crippen molar-refractivity contribution >= 4 is 17.7 Å². The number of nitrogens with one attached hydrogen (secondary N) is 2. The van der Waals surface area contributed by atoms with Gasteiger partial charge >= 0.3 is 0 Å². The van der Waals surface area contributed by atoms with Crippen molar-refractivity contribution in [2.24, 2.45) is 5.92 Å². The van der Waals surface area contributed by atoms with Crippen molar-refractivity contribution < 1.29 is 23.9 Å². The fourth-order valence-electron chi connectivity index (χ4n) is 4.44. The molecule has 0 saturated carbocycles. The Hall–Kier alpha value is -3.55. The molecule has 0 radical (unpaired) electrons. The maximum Gasteiger partial charge on any atom is 0.254 e. The van der Waals surface area contributed by atoms with E-state index in [1.807, 2.05) is 43.0 Å². The minimum atomic E-state index is -0.680. The Labute approximate surface area is 199 Å². The first-order chi connectivity index (χ1) is 16.5. The van der Waals surface area contributed by atoms with Crippen molar-refractivity contribution in [2.75, 3.05) is 26.4 Å². The Bertz CT molecular complexity index is 1060. The lowest BCUT2D eigenvalue weighted by Crippen LogP contribution is -2.54. The highest BCUT2D eigenvalue weighted by atomic mass is 16.7. The molecule has 0 unspecified atom stereocenters. The van der Waals surface area contributed by atoms with E-state index in [0.29, 0.717) is 55.1 Å². The Morgan fingerprint density at radius 1 is 1.06 bits per heavy atom. The molecule has 8 heteroatoms. The lowest BCUT2D eigenvalue weighted by Gasteiger charge is -2.36. The zero-order valence-electron chi connectivity index (χ0n) is 19.6. The molecule has 2 aliphatic heterocycles. The third-order valence-corrected chi connectivity index (χ3v) is 6.43. The first-order valence-corrected chi connectivity index (χ1v) is 11.8. The van der Waals surface area contributed by atoms with Crippen LogP contribution in [0.15, 0.2) is 42.5 Å². The van der Waals surface area contributed by atoms with Crippen LogP contribution in [0.1, 0.15) is 52.5 Å². The quantitative estimate of drug-likeness (QED) is 0.656. The monoisotopic (exact) mass is 465 g/mol. The number of ether oxygens (including phenoxy) is 2. The first kappa shape index (κ1) is 23.6. The largest absolute Gasteiger partial charge is 0.454 e. The van der Waals surface area contributed by atoms with Crippen LogP contribution in [0.2, 0.25) is 0 Å².